The molecule has 0 aromatic heterocycles. The second kappa shape index (κ2) is 6.04. The Morgan fingerprint density at radius 1 is 1.05 bits per heavy atom. The zero-order valence-electron chi connectivity index (χ0n) is 12.1. The third-order valence-corrected chi connectivity index (χ3v) is 3.79. The Balaban J connectivity index is 2.48. The number of anilines is 1. The van der Waals surface area contributed by atoms with Crippen LogP contribution in [0.4, 0.5) is 17.1 Å². The molecule has 8 nitrogen and oxygen atoms in total. The first kappa shape index (κ1) is 15.2. The van der Waals surface area contributed by atoms with Crippen molar-refractivity contribution < 1.29 is 9.85 Å². The van der Waals surface area contributed by atoms with Crippen molar-refractivity contribution in [1.29, 1.82) is 0 Å². The molecule has 1 aromatic rings. The van der Waals surface area contributed by atoms with E-state index >= 15 is 0 Å². The first-order chi connectivity index (χ1) is 9.93. The number of likely N-dealkylation sites (N-methyl/N-ethyl adjacent to an activating group) is 1. The number of nitro groups is 2. The molecule has 1 aromatic carbocycles. The Bertz CT molecular complexity index is 568. The summed E-state index contributed by atoms with van der Waals surface area (Å²) in [6, 6.07) is 2.69. The van der Waals surface area contributed by atoms with Gasteiger partial charge in [-0.25, -0.2) is 0 Å². The van der Waals surface area contributed by atoms with E-state index in [-0.39, 0.29) is 11.4 Å². The molecule has 1 aliphatic rings. The summed E-state index contributed by atoms with van der Waals surface area (Å²) in [5, 5.41) is 22.3. The van der Waals surface area contributed by atoms with Crippen molar-refractivity contribution in [1.82, 2.24) is 4.90 Å². The molecule has 114 valence electrons. The number of nitro benzene ring substituents is 2. The first-order valence-corrected chi connectivity index (χ1v) is 6.83. The standard InChI is InChI=1S/C13H18N4O4/c1-3-10-8-12(15-6-4-14(2)5-7-15)13(17(20)21)9-11(10)16(18)19/h8-9H,3-7H2,1-2H3. The number of rotatable bonds is 4. The van der Waals surface area contributed by atoms with Gasteiger partial charge in [0.25, 0.3) is 11.4 Å². The highest BCUT2D eigenvalue weighted by Crippen LogP contribution is 2.35. The molecule has 0 N–H and O–H groups in total. The summed E-state index contributed by atoms with van der Waals surface area (Å²) < 4.78 is 0. The smallest absolute Gasteiger partial charge is 0.299 e. The number of nitrogens with zero attached hydrogens (tertiary/aromatic N) is 4. The van der Waals surface area contributed by atoms with Gasteiger partial charge in [0.15, 0.2) is 0 Å². The molecule has 2 rings (SSSR count). The van der Waals surface area contributed by atoms with Crippen molar-refractivity contribution in [3.8, 4) is 0 Å². The van der Waals surface area contributed by atoms with Gasteiger partial charge >= 0.3 is 0 Å². The second-order valence-corrected chi connectivity index (χ2v) is 5.13. The zero-order chi connectivity index (χ0) is 15.6. The minimum atomic E-state index is -0.556. The van der Waals surface area contributed by atoms with Crippen molar-refractivity contribution in [3.63, 3.8) is 0 Å². The van der Waals surface area contributed by atoms with Crippen LogP contribution in [-0.2, 0) is 6.42 Å². The van der Waals surface area contributed by atoms with Crippen LogP contribution in [0.3, 0.4) is 0 Å². The van der Waals surface area contributed by atoms with E-state index in [9.17, 15) is 20.2 Å². The molecule has 1 heterocycles. The van der Waals surface area contributed by atoms with Gasteiger partial charge in [0.1, 0.15) is 5.69 Å². The number of hydrogen-bond acceptors (Lipinski definition) is 6. The van der Waals surface area contributed by atoms with Crippen molar-refractivity contribution in [2.75, 3.05) is 38.1 Å². The number of benzene rings is 1. The van der Waals surface area contributed by atoms with Crippen LogP contribution in [-0.4, -0.2) is 48.0 Å². The van der Waals surface area contributed by atoms with Crippen molar-refractivity contribution in [2.45, 2.75) is 13.3 Å². The second-order valence-electron chi connectivity index (χ2n) is 5.13. The Kier molecular flexibility index (Phi) is 4.37. The van der Waals surface area contributed by atoms with E-state index in [0.29, 0.717) is 30.8 Å². The van der Waals surface area contributed by atoms with Crippen molar-refractivity contribution in [2.24, 2.45) is 0 Å². The highest BCUT2D eigenvalue weighted by molar-refractivity contribution is 5.69. The fourth-order valence-electron chi connectivity index (χ4n) is 2.51. The Morgan fingerprint density at radius 2 is 1.62 bits per heavy atom. The van der Waals surface area contributed by atoms with Crippen LogP contribution in [0.25, 0.3) is 0 Å². The van der Waals surface area contributed by atoms with Gasteiger partial charge in [-0.3, -0.25) is 20.2 Å². The molecule has 0 unspecified atom stereocenters. The van der Waals surface area contributed by atoms with Crippen LogP contribution in [0.5, 0.6) is 0 Å². The SMILES string of the molecule is CCc1cc(N2CCN(C)CC2)c([N+](=O)[O-])cc1[N+](=O)[O-]. The average molecular weight is 294 g/mol. The predicted octanol–water partition coefficient (Wildman–Crippen LogP) is 1.82. The maximum Gasteiger partial charge on any atom is 0.299 e. The van der Waals surface area contributed by atoms with Gasteiger partial charge in [-0.15, -0.1) is 0 Å². The van der Waals surface area contributed by atoms with Crippen LogP contribution in [0.2, 0.25) is 0 Å². The third-order valence-electron chi connectivity index (χ3n) is 3.79. The highest BCUT2D eigenvalue weighted by atomic mass is 16.6. The maximum absolute atomic E-state index is 11.2. The van der Waals surface area contributed by atoms with Crippen LogP contribution in [0, 0.1) is 20.2 Å². The highest BCUT2D eigenvalue weighted by Gasteiger charge is 2.28. The average Bonchev–Trinajstić information content (AvgIpc) is 2.46. The molecule has 8 heteroatoms. The molecular weight excluding hydrogens is 276 g/mol. The van der Waals surface area contributed by atoms with Gasteiger partial charge in [-0.1, -0.05) is 6.92 Å². The van der Waals surface area contributed by atoms with Crippen molar-refractivity contribution in [3.05, 3.63) is 37.9 Å². The summed E-state index contributed by atoms with van der Waals surface area (Å²) in [7, 11) is 2.00. The van der Waals surface area contributed by atoms with Gasteiger partial charge in [-0.2, -0.15) is 0 Å². The molecule has 0 aliphatic carbocycles. The van der Waals surface area contributed by atoms with E-state index in [2.05, 4.69) is 4.90 Å². The van der Waals surface area contributed by atoms with Gasteiger partial charge in [-0.05, 0) is 19.5 Å². The van der Waals surface area contributed by atoms with Crippen LogP contribution in [0.15, 0.2) is 12.1 Å². The lowest BCUT2D eigenvalue weighted by Gasteiger charge is -2.33. The molecule has 21 heavy (non-hydrogen) atoms. The van der Waals surface area contributed by atoms with E-state index in [4.69, 9.17) is 0 Å². The largest absolute Gasteiger partial charge is 0.363 e. The molecule has 0 amide bonds. The monoisotopic (exact) mass is 294 g/mol. The summed E-state index contributed by atoms with van der Waals surface area (Å²) >= 11 is 0. The molecular formula is C13H18N4O4. The molecule has 0 saturated carbocycles. The molecule has 1 aliphatic heterocycles. The summed E-state index contributed by atoms with van der Waals surface area (Å²) in [5.74, 6) is 0. The van der Waals surface area contributed by atoms with E-state index in [1.54, 1.807) is 6.07 Å². The third kappa shape index (κ3) is 3.10. The molecule has 0 atom stereocenters. The van der Waals surface area contributed by atoms with E-state index < -0.39 is 9.85 Å². The molecule has 1 fully saturated rings. The molecule has 1 saturated heterocycles. The molecule has 0 radical (unpaired) electrons. The van der Waals surface area contributed by atoms with Gasteiger partial charge in [0, 0.05) is 31.7 Å². The normalized spacial score (nSPS) is 16.0. The molecule has 0 bridgehead atoms. The Labute approximate surface area is 122 Å². The summed E-state index contributed by atoms with van der Waals surface area (Å²) in [6.07, 6.45) is 0.467. The van der Waals surface area contributed by atoms with E-state index in [0.717, 1.165) is 19.2 Å². The topological polar surface area (TPSA) is 92.8 Å². The van der Waals surface area contributed by atoms with Crippen LogP contribution < -0.4 is 4.90 Å². The summed E-state index contributed by atoms with van der Waals surface area (Å²) in [5.41, 5.74) is 0.639. The fraction of sp³-hybridized carbons (Fsp3) is 0.538. The van der Waals surface area contributed by atoms with Crippen LogP contribution >= 0.6 is 0 Å². The quantitative estimate of drug-likeness (QED) is 0.621. The van der Waals surface area contributed by atoms with E-state index in [1.165, 1.54) is 0 Å². The van der Waals surface area contributed by atoms with Crippen LogP contribution in [0.1, 0.15) is 12.5 Å². The zero-order valence-corrected chi connectivity index (χ0v) is 12.1. The number of aryl methyl sites for hydroxylation is 1. The maximum atomic E-state index is 11.2. The first-order valence-electron chi connectivity index (χ1n) is 6.83. The predicted molar refractivity (Wildman–Crippen MR) is 78.8 cm³/mol. The lowest BCUT2D eigenvalue weighted by molar-refractivity contribution is -0.394. The fourth-order valence-corrected chi connectivity index (χ4v) is 2.51. The van der Waals surface area contributed by atoms with Gasteiger partial charge in [0.05, 0.1) is 15.9 Å². The van der Waals surface area contributed by atoms with E-state index in [1.807, 2.05) is 18.9 Å². The minimum absolute atomic E-state index is 0.179. The summed E-state index contributed by atoms with van der Waals surface area (Å²) in [6.45, 7) is 4.80. The number of hydrogen-bond donors (Lipinski definition) is 0. The Morgan fingerprint density at radius 3 is 2.10 bits per heavy atom. The lowest BCUT2D eigenvalue weighted by atomic mass is 10.1. The minimum Gasteiger partial charge on any atom is -0.363 e. The Hall–Kier alpha value is -2.22. The van der Waals surface area contributed by atoms with Gasteiger partial charge < -0.3 is 9.80 Å². The summed E-state index contributed by atoms with van der Waals surface area (Å²) in [4.78, 5) is 25.3. The lowest BCUT2D eigenvalue weighted by Crippen LogP contribution is -2.44. The molecule has 0 spiro atoms. The number of piperazine rings is 1. The van der Waals surface area contributed by atoms with Crippen molar-refractivity contribution >= 4 is 17.1 Å². The van der Waals surface area contributed by atoms with Gasteiger partial charge in [0.2, 0.25) is 0 Å².